The largest absolute Gasteiger partial charge is 0.350 e. The van der Waals surface area contributed by atoms with E-state index in [1.165, 1.54) is 5.56 Å². The van der Waals surface area contributed by atoms with Gasteiger partial charge in [0.1, 0.15) is 0 Å². The van der Waals surface area contributed by atoms with Crippen molar-refractivity contribution < 1.29 is 4.79 Å². The molecule has 0 atom stereocenters. The van der Waals surface area contributed by atoms with E-state index in [4.69, 9.17) is 0 Å². The second kappa shape index (κ2) is 6.80. The van der Waals surface area contributed by atoms with Crippen LogP contribution < -0.4 is 5.32 Å². The topological polar surface area (TPSA) is 59.8 Å². The zero-order valence-corrected chi connectivity index (χ0v) is 14.7. The first-order valence-electron chi connectivity index (χ1n) is 8.45. The quantitative estimate of drug-likeness (QED) is 0.711. The lowest BCUT2D eigenvalue weighted by Crippen LogP contribution is -2.34. The number of hydrogen-bond donors (Lipinski definition) is 1. The summed E-state index contributed by atoms with van der Waals surface area (Å²) in [7, 11) is 0. The fourth-order valence-electron chi connectivity index (χ4n) is 2.98. The van der Waals surface area contributed by atoms with Crippen LogP contribution in [0.25, 0.3) is 0 Å². The molecule has 0 unspecified atom stereocenters. The number of nitrogens with one attached hydrogen (secondary N) is 1. The van der Waals surface area contributed by atoms with Gasteiger partial charge in [-0.15, -0.1) is 11.3 Å². The molecule has 1 N–H and O–H groups in total. The molecule has 0 radical (unpaired) electrons. The van der Waals surface area contributed by atoms with Gasteiger partial charge >= 0.3 is 0 Å². The van der Waals surface area contributed by atoms with Crippen LogP contribution in [0, 0.1) is 5.41 Å². The summed E-state index contributed by atoms with van der Waals surface area (Å²) in [5.74, 6) is 0.124. The SMILES string of the molecule is O=C(NCc1csc(Cc2ccccc2)n1)C1(Cn2ccnc2)CC1. The van der Waals surface area contributed by atoms with Crippen LogP contribution >= 0.6 is 11.3 Å². The second-order valence-electron chi connectivity index (χ2n) is 6.59. The van der Waals surface area contributed by atoms with Crippen LogP contribution in [0.2, 0.25) is 0 Å². The van der Waals surface area contributed by atoms with Crippen LogP contribution in [0.1, 0.15) is 29.1 Å². The third-order valence-electron chi connectivity index (χ3n) is 4.61. The number of carbonyl (C=O) groups is 1. The van der Waals surface area contributed by atoms with Crippen molar-refractivity contribution in [2.75, 3.05) is 0 Å². The van der Waals surface area contributed by atoms with E-state index in [9.17, 15) is 4.79 Å². The molecule has 1 amide bonds. The Balaban J connectivity index is 1.32. The molecule has 128 valence electrons. The molecule has 0 aliphatic heterocycles. The minimum absolute atomic E-state index is 0.124. The monoisotopic (exact) mass is 352 g/mol. The van der Waals surface area contributed by atoms with Gasteiger partial charge in [0.05, 0.1) is 29.0 Å². The van der Waals surface area contributed by atoms with Crippen molar-refractivity contribution in [1.29, 1.82) is 0 Å². The summed E-state index contributed by atoms with van der Waals surface area (Å²) in [5, 5.41) is 6.18. The summed E-state index contributed by atoms with van der Waals surface area (Å²) in [6.45, 7) is 1.20. The van der Waals surface area contributed by atoms with Gasteiger partial charge in [-0.1, -0.05) is 30.3 Å². The molecule has 1 aliphatic rings. The zero-order valence-electron chi connectivity index (χ0n) is 13.9. The van der Waals surface area contributed by atoms with E-state index in [0.29, 0.717) is 13.1 Å². The molecule has 25 heavy (non-hydrogen) atoms. The second-order valence-corrected chi connectivity index (χ2v) is 7.54. The number of benzene rings is 1. The van der Waals surface area contributed by atoms with Crippen molar-refractivity contribution in [2.24, 2.45) is 5.41 Å². The van der Waals surface area contributed by atoms with Gasteiger partial charge in [-0.3, -0.25) is 4.79 Å². The first-order chi connectivity index (χ1) is 12.2. The minimum Gasteiger partial charge on any atom is -0.350 e. The highest BCUT2D eigenvalue weighted by molar-refractivity contribution is 7.09. The first-order valence-corrected chi connectivity index (χ1v) is 9.33. The van der Waals surface area contributed by atoms with Crippen molar-refractivity contribution in [2.45, 2.75) is 32.4 Å². The number of amides is 1. The fraction of sp³-hybridized carbons (Fsp3) is 0.316. The fourth-order valence-corrected chi connectivity index (χ4v) is 3.81. The summed E-state index contributed by atoms with van der Waals surface area (Å²) in [4.78, 5) is 21.2. The van der Waals surface area contributed by atoms with Crippen LogP contribution in [0.5, 0.6) is 0 Å². The Hall–Kier alpha value is -2.47. The van der Waals surface area contributed by atoms with E-state index < -0.39 is 0 Å². The Kier molecular flexibility index (Phi) is 4.36. The predicted molar refractivity (Wildman–Crippen MR) is 97.1 cm³/mol. The van der Waals surface area contributed by atoms with Crippen LogP contribution in [-0.4, -0.2) is 20.4 Å². The van der Waals surface area contributed by atoms with Crippen molar-refractivity contribution in [1.82, 2.24) is 19.9 Å². The van der Waals surface area contributed by atoms with Crippen molar-refractivity contribution >= 4 is 17.2 Å². The average molecular weight is 352 g/mol. The molecule has 4 rings (SSSR count). The smallest absolute Gasteiger partial charge is 0.228 e. The van der Waals surface area contributed by atoms with E-state index in [1.54, 1.807) is 23.9 Å². The molecule has 0 bridgehead atoms. The standard InChI is InChI=1S/C19H20N4OS/c24-18(19(6-7-19)13-23-9-8-20-14-23)21-11-16-12-25-17(22-16)10-15-4-2-1-3-5-15/h1-5,8-9,12,14H,6-7,10-11,13H2,(H,21,24). The first kappa shape index (κ1) is 16.0. The Morgan fingerprint density at radius 2 is 2.12 bits per heavy atom. The number of nitrogens with zero attached hydrogens (tertiary/aromatic N) is 3. The van der Waals surface area contributed by atoms with E-state index in [1.807, 2.05) is 34.3 Å². The summed E-state index contributed by atoms with van der Waals surface area (Å²) in [6, 6.07) is 10.3. The van der Waals surface area contributed by atoms with Gasteiger partial charge in [0.15, 0.2) is 0 Å². The van der Waals surface area contributed by atoms with Crippen LogP contribution in [0.15, 0.2) is 54.4 Å². The minimum atomic E-state index is -0.260. The maximum atomic E-state index is 12.6. The van der Waals surface area contributed by atoms with E-state index in [-0.39, 0.29) is 11.3 Å². The van der Waals surface area contributed by atoms with Gasteiger partial charge in [0.25, 0.3) is 0 Å². The van der Waals surface area contributed by atoms with Gasteiger partial charge in [0.2, 0.25) is 5.91 Å². The number of thiazole rings is 1. The normalized spacial score (nSPS) is 15.0. The lowest BCUT2D eigenvalue weighted by Gasteiger charge is -2.15. The Morgan fingerprint density at radius 1 is 1.28 bits per heavy atom. The van der Waals surface area contributed by atoms with Crippen LogP contribution in [0.3, 0.4) is 0 Å². The number of rotatable bonds is 7. The number of carbonyl (C=O) groups excluding carboxylic acids is 1. The summed E-state index contributed by atoms with van der Waals surface area (Å²) < 4.78 is 1.98. The van der Waals surface area contributed by atoms with Crippen molar-refractivity contribution in [3.05, 3.63) is 70.7 Å². The molecule has 2 aromatic heterocycles. The molecular weight excluding hydrogens is 332 g/mol. The van der Waals surface area contributed by atoms with E-state index in [2.05, 4.69) is 27.4 Å². The molecule has 0 saturated heterocycles. The molecule has 1 saturated carbocycles. The summed E-state index contributed by atoms with van der Waals surface area (Å²) in [6.07, 6.45) is 8.13. The summed E-state index contributed by atoms with van der Waals surface area (Å²) in [5.41, 5.74) is 1.93. The molecule has 0 spiro atoms. The van der Waals surface area contributed by atoms with Crippen LogP contribution in [0.4, 0.5) is 0 Å². The van der Waals surface area contributed by atoms with Gasteiger partial charge in [-0.25, -0.2) is 9.97 Å². The van der Waals surface area contributed by atoms with Gasteiger partial charge in [0, 0.05) is 30.7 Å². The number of imidazole rings is 1. The molecule has 1 fully saturated rings. The highest BCUT2D eigenvalue weighted by atomic mass is 32.1. The molecule has 3 aromatic rings. The third kappa shape index (κ3) is 3.79. The van der Waals surface area contributed by atoms with Crippen molar-refractivity contribution in [3.8, 4) is 0 Å². The van der Waals surface area contributed by atoms with Gasteiger partial charge in [-0.2, -0.15) is 0 Å². The summed E-state index contributed by atoms with van der Waals surface area (Å²) >= 11 is 1.65. The Morgan fingerprint density at radius 3 is 2.84 bits per heavy atom. The Labute approximate surface area is 150 Å². The zero-order chi connectivity index (χ0) is 17.1. The maximum Gasteiger partial charge on any atom is 0.228 e. The van der Waals surface area contributed by atoms with Gasteiger partial charge in [-0.05, 0) is 18.4 Å². The number of aromatic nitrogens is 3. The highest BCUT2D eigenvalue weighted by Gasteiger charge is 2.49. The lowest BCUT2D eigenvalue weighted by atomic mass is 10.1. The molecular formula is C19H20N4OS. The predicted octanol–water partition coefficient (Wildman–Crippen LogP) is 3.03. The average Bonchev–Trinajstić information content (AvgIpc) is 3.02. The van der Waals surface area contributed by atoms with Gasteiger partial charge < -0.3 is 9.88 Å². The third-order valence-corrected chi connectivity index (χ3v) is 5.50. The highest BCUT2D eigenvalue weighted by Crippen LogP contribution is 2.47. The molecule has 1 aromatic carbocycles. The van der Waals surface area contributed by atoms with E-state index in [0.717, 1.165) is 30.0 Å². The molecule has 2 heterocycles. The number of hydrogen-bond acceptors (Lipinski definition) is 4. The van der Waals surface area contributed by atoms with Crippen molar-refractivity contribution in [3.63, 3.8) is 0 Å². The lowest BCUT2D eigenvalue weighted by molar-refractivity contribution is -0.127. The maximum absolute atomic E-state index is 12.6. The molecule has 1 aliphatic carbocycles. The van der Waals surface area contributed by atoms with Crippen LogP contribution in [-0.2, 0) is 24.3 Å². The molecule has 5 nitrogen and oxygen atoms in total. The Bertz CT molecular complexity index is 837. The molecule has 6 heteroatoms. The van der Waals surface area contributed by atoms with E-state index >= 15 is 0 Å².